The Balaban J connectivity index is 1.99. The predicted molar refractivity (Wildman–Crippen MR) is 79.8 cm³/mol. The van der Waals surface area contributed by atoms with Gasteiger partial charge in [-0.15, -0.1) is 0 Å². The van der Waals surface area contributed by atoms with E-state index in [0.717, 1.165) is 0 Å². The molecule has 0 saturated carbocycles. The number of ether oxygens (including phenoxy) is 4. The molecular formula is C14H27O7P. The molecule has 0 aromatic rings. The Labute approximate surface area is 132 Å². The SMILES string of the molecule is CCOP(=O)(CC[C@H]1O[C@@H](OC)C2OC(C)(C)OC21)OCC. The lowest BCUT2D eigenvalue weighted by Gasteiger charge is -2.24. The Morgan fingerprint density at radius 1 is 1.09 bits per heavy atom. The van der Waals surface area contributed by atoms with Crippen LogP contribution in [0.4, 0.5) is 0 Å². The van der Waals surface area contributed by atoms with Gasteiger partial charge < -0.3 is 28.0 Å². The van der Waals surface area contributed by atoms with Crippen LogP contribution in [0.15, 0.2) is 0 Å². The lowest BCUT2D eigenvalue weighted by molar-refractivity contribution is -0.227. The summed E-state index contributed by atoms with van der Waals surface area (Å²) in [4.78, 5) is 0. The van der Waals surface area contributed by atoms with E-state index in [1.807, 2.05) is 13.8 Å². The van der Waals surface area contributed by atoms with Gasteiger partial charge in [0.2, 0.25) is 0 Å². The molecule has 2 heterocycles. The molecular weight excluding hydrogens is 311 g/mol. The van der Waals surface area contributed by atoms with Gasteiger partial charge in [-0.3, -0.25) is 4.57 Å². The molecule has 8 heteroatoms. The van der Waals surface area contributed by atoms with Crippen molar-refractivity contribution in [3.8, 4) is 0 Å². The molecule has 2 rings (SSSR count). The Kier molecular flexibility index (Phi) is 6.05. The highest BCUT2D eigenvalue weighted by molar-refractivity contribution is 7.53. The maximum absolute atomic E-state index is 12.5. The van der Waals surface area contributed by atoms with Crippen LogP contribution in [-0.4, -0.2) is 56.9 Å². The molecule has 2 saturated heterocycles. The molecule has 2 aliphatic heterocycles. The fourth-order valence-electron chi connectivity index (χ4n) is 2.91. The number of hydrogen-bond acceptors (Lipinski definition) is 7. The van der Waals surface area contributed by atoms with E-state index in [9.17, 15) is 4.57 Å². The number of methoxy groups -OCH3 is 1. The third-order valence-electron chi connectivity index (χ3n) is 3.68. The standard InChI is InChI=1S/C14H27O7P/c1-6-17-22(15,18-7-2)9-8-10-11-12(13(16-5)19-10)21-14(3,4)20-11/h10-13H,6-9H2,1-5H3/t10-,11?,12?,13-/m1/s1. The van der Waals surface area contributed by atoms with E-state index in [0.29, 0.717) is 19.6 Å². The monoisotopic (exact) mass is 338 g/mol. The van der Waals surface area contributed by atoms with Crippen LogP contribution in [0.25, 0.3) is 0 Å². The first-order valence-corrected chi connectivity index (χ1v) is 9.49. The molecule has 0 radical (unpaired) electrons. The summed E-state index contributed by atoms with van der Waals surface area (Å²) in [7, 11) is -1.51. The second-order valence-electron chi connectivity index (χ2n) is 5.80. The Hall–Kier alpha value is -0.0100. The highest BCUT2D eigenvalue weighted by atomic mass is 31.2. The minimum absolute atomic E-state index is 0.239. The van der Waals surface area contributed by atoms with Crippen LogP contribution < -0.4 is 0 Å². The van der Waals surface area contributed by atoms with E-state index >= 15 is 0 Å². The van der Waals surface area contributed by atoms with Crippen molar-refractivity contribution >= 4 is 7.60 Å². The van der Waals surface area contributed by atoms with Crippen molar-refractivity contribution < 1.29 is 32.6 Å². The molecule has 0 spiro atoms. The second-order valence-corrected chi connectivity index (χ2v) is 7.99. The average molecular weight is 338 g/mol. The van der Waals surface area contributed by atoms with Crippen LogP contribution >= 0.6 is 7.60 Å². The molecule has 0 aliphatic carbocycles. The van der Waals surface area contributed by atoms with Gasteiger partial charge >= 0.3 is 7.60 Å². The number of fused-ring (bicyclic) bond motifs is 1. The molecule has 0 amide bonds. The highest BCUT2D eigenvalue weighted by Gasteiger charge is 2.55. The summed E-state index contributed by atoms with van der Waals surface area (Å²) in [6.07, 6.45) is -0.470. The minimum atomic E-state index is -3.09. The third kappa shape index (κ3) is 4.09. The molecule has 2 unspecified atom stereocenters. The van der Waals surface area contributed by atoms with Gasteiger partial charge in [-0.25, -0.2) is 0 Å². The summed E-state index contributed by atoms with van der Waals surface area (Å²) < 4.78 is 46.0. The summed E-state index contributed by atoms with van der Waals surface area (Å²) in [5.41, 5.74) is 0. The van der Waals surface area contributed by atoms with Gasteiger partial charge in [0.25, 0.3) is 0 Å². The Morgan fingerprint density at radius 2 is 1.68 bits per heavy atom. The first-order chi connectivity index (χ1) is 10.3. The lowest BCUT2D eigenvalue weighted by atomic mass is 10.1. The summed E-state index contributed by atoms with van der Waals surface area (Å²) in [6, 6.07) is 0. The molecule has 130 valence electrons. The number of rotatable bonds is 8. The van der Waals surface area contributed by atoms with Crippen LogP contribution in [-0.2, 0) is 32.6 Å². The molecule has 0 aromatic heterocycles. The van der Waals surface area contributed by atoms with Crippen molar-refractivity contribution in [1.29, 1.82) is 0 Å². The van der Waals surface area contributed by atoms with Crippen molar-refractivity contribution in [2.45, 2.75) is 64.5 Å². The molecule has 2 aliphatic rings. The minimum Gasteiger partial charge on any atom is -0.353 e. The summed E-state index contributed by atoms with van der Waals surface area (Å²) in [5, 5.41) is 0. The van der Waals surface area contributed by atoms with Gasteiger partial charge in [-0.1, -0.05) is 0 Å². The first kappa shape index (κ1) is 18.3. The van der Waals surface area contributed by atoms with E-state index in [-0.39, 0.29) is 24.5 Å². The zero-order chi connectivity index (χ0) is 16.4. The molecule has 2 fully saturated rings. The zero-order valence-electron chi connectivity index (χ0n) is 13.9. The van der Waals surface area contributed by atoms with Crippen LogP contribution in [0.3, 0.4) is 0 Å². The van der Waals surface area contributed by atoms with Crippen molar-refractivity contribution in [2.24, 2.45) is 0 Å². The lowest BCUT2D eigenvalue weighted by Crippen LogP contribution is -2.30. The summed E-state index contributed by atoms with van der Waals surface area (Å²) in [6.45, 7) is 8.02. The smallest absolute Gasteiger partial charge is 0.330 e. The van der Waals surface area contributed by atoms with E-state index in [2.05, 4.69) is 0 Å². The van der Waals surface area contributed by atoms with E-state index < -0.39 is 19.7 Å². The maximum atomic E-state index is 12.5. The summed E-state index contributed by atoms with van der Waals surface area (Å²) >= 11 is 0. The van der Waals surface area contributed by atoms with Gasteiger partial charge in [0.05, 0.1) is 25.5 Å². The Bertz CT molecular complexity index is 404. The van der Waals surface area contributed by atoms with E-state index in [4.69, 9.17) is 28.0 Å². The van der Waals surface area contributed by atoms with Crippen LogP contribution in [0.5, 0.6) is 0 Å². The van der Waals surface area contributed by atoms with Crippen LogP contribution in [0, 0.1) is 0 Å². The molecule has 0 N–H and O–H groups in total. The van der Waals surface area contributed by atoms with Gasteiger partial charge in [-0.2, -0.15) is 0 Å². The Morgan fingerprint density at radius 3 is 2.23 bits per heavy atom. The predicted octanol–water partition coefficient (Wildman–Crippen LogP) is 2.53. The topological polar surface area (TPSA) is 72.5 Å². The van der Waals surface area contributed by atoms with Crippen LogP contribution in [0.2, 0.25) is 0 Å². The van der Waals surface area contributed by atoms with Gasteiger partial charge in [0, 0.05) is 7.11 Å². The fraction of sp³-hybridized carbons (Fsp3) is 1.00. The quantitative estimate of drug-likeness (QED) is 0.630. The second kappa shape index (κ2) is 7.26. The third-order valence-corrected chi connectivity index (χ3v) is 5.79. The average Bonchev–Trinajstić information content (AvgIpc) is 2.90. The van der Waals surface area contributed by atoms with Crippen molar-refractivity contribution in [1.82, 2.24) is 0 Å². The summed E-state index contributed by atoms with van der Waals surface area (Å²) in [5.74, 6) is -0.669. The highest BCUT2D eigenvalue weighted by Crippen LogP contribution is 2.50. The molecule has 7 nitrogen and oxygen atoms in total. The normalized spacial score (nSPS) is 34.0. The first-order valence-electron chi connectivity index (χ1n) is 7.76. The van der Waals surface area contributed by atoms with Gasteiger partial charge in [0.15, 0.2) is 12.1 Å². The van der Waals surface area contributed by atoms with Crippen LogP contribution in [0.1, 0.15) is 34.1 Å². The molecule has 0 aromatic carbocycles. The van der Waals surface area contributed by atoms with Gasteiger partial charge in [-0.05, 0) is 34.1 Å². The van der Waals surface area contributed by atoms with Crippen molar-refractivity contribution in [2.75, 3.05) is 26.5 Å². The molecule has 0 bridgehead atoms. The maximum Gasteiger partial charge on any atom is 0.330 e. The van der Waals surface area contributed by atoms with Crippen molar-refractivity contribution in [3.05, 3.63) is 0 Å². The fourth-order valence-corrected chi connectivity index (χ4v) is 4.60. The molecule has 4 atom stereocenters. The zero-order valence-corrected chi connectivity index (χ0v) is 14.8. The van der Waals surface area contributed by atoms with Crippen molar-refractivity contribution in [3.63, 3.8) is 0 Å². The largest absolute Gasteiger partial charge is 0.353 e. The van der Waals surface area contributed by atoms with E-state index in [1.165, 1.54) is 0 Å². The van der Waals surface area contributed by atoms with E-state index in [1.54, 1.807) is 21.0 Å². The molecule has 22 heavy (non-hydrogen) atoms. The number of hydrogen-bond donors (Lipinski definition) is 0. The van der Waals surface area contributed by atoms with Gasteiger partial charge in [0.1, 0.15) is 12.2 Å².